The molecule has 1 aromatic heterocycles. The molecule has 0 saturated carbocycles. The first-order valence-corrected chi connectivity index (χ1v) is 12.6. The summed E-state index contributed by atoms with van der Waals surface area (Å²) >= 11 is 0. The maximum atomic E-state index is 12.3. The second-order valence-electron chi connectivity index (χ2n) is 9.02. The zero-order valence-electron chi connectivity index (χ0n) is 20.3. The van der Waals surface area contributed by atoms with E-state index >= 15 is 0 Å². The van der Waals surface area contributed by atoms with Crippen molar-refractivity contribution < 1.29 is 14.3 Å². The van der Waals surface area contributed by atoms with Gasteiger partial charge >= 0.3 is 11.8 Å². The zero-order valence-corrected chi connectivity index (χ0v) is 20.3. The predicted molar refractivity (Wildman–Crippen MR) is 137 cm³/mol. The Kier molecular flexibility index (Phi) is 9.31. The van der Waals surface area contributed by atoms with E-state index in [1.54, 1.807) is 12.1 Å². The molecule has 0 bridgehead atoms. The van der Waals surface area contributed by atoms with Gasteiger partial charge in [0.15, 0.2) is 0 Å². The smallest absolute Gasteiger partial charge is 0.313 e. The highest BCUT2D eigenvalue weighted by molar-refractivity contribution is 6.39. The Morgan fingerprint density at radius 1 is 0.886 bits per heavy atom. The molecule has 2 amide bonds. The van der Waals surface area contributed by atoms with Crippen molar-refractivity contribution >= 4 is 23.2 Å². The zero-order chi connectivity index (χ0) is 24.3. The number of amides is 2. The summed E-state index contributed by atoms with van der Waals surface area (Å²) in [6.45, 7) is 9.05. The summed E-state index contributed by atoms with van der Waals surface area (Å²) in [5.41, 5.74) is 1.76. The van der Waals surface area contributed by atoms with Gasteiger partial charge in [0, 0.05) is 69.1 Å². The Labute approximate surface area is 207 Å². The fourth-order valence-electron chi connectivity index (χ4n) is 4.52. The highest BCUT2D eigenvalue weighted by atomic mass is 16.5. The second-order valence-corrected chi connectivity index (χ2v) is 9.02. The molecule has 0 unspecified atom stereocenters. The summed E-state index contributed by atoms with van der Waals surface area (Å²) in [4.78, 5) is 35.7. The van der Waals surface area contributed by atoms with E-state index in [0.717, 1.165) is 58.8 Å². The molecule has 0 atom stereocenters. The molecule has 2 aromatic rings. The van der Waals surface area contributed by atoms with Crippen LogP contribution in [0.4, 0.5) is 11.4 Å². The van der Waals surface area contributed by atoms with Crippen LogP contribution < -0.4 is 20.3 Å². The molecule has 0 aliphatic carbocycles. The number of carbonyl (C=O) groups is 2. The average Bonchev–Trinajstić information content (AvgIpc) is 3.41. The Hall–Kier alpha value is -3.17. The number of benzene rings is 1. The third-order valence-corrected chi connectivity index (χ3v) is 6.51. The van der Waals surface area contributed by atoms with Crippen molar-refractivity contribution in [1.82, 2.24) is 20.1 Å². The number of likely N-dealkylation sites (tertiary alicyclic amines) is 1. The van der Waals surface area contributed by atoms with Crippen LogP contribution >= 0.6 is 0 Å². The molecule has 9 nitrogen and oxygen atoms in total. The van der Waals surface area contributed by atoms with E-state index in [4.69, 9.17) is 4.74 Å². The molecule has 1 aromatic carbocycles. The van der Waals surface area contributed by atoms with E-state index in [0.29, 0.717) is 24.6 Å². The topological polar surface area (TPSA) is 90.0 Å². The molecule has 0 spiro atoms. The highest BCUT2D eigenvalue weighted by Gasteiger charge is 2.18. The molecule has 2 fully saturated rings. The molecular formula is C26H36N6O3. The molecule has 35 heavy (non-hydrogen) atoms. The number of anilines is 2. The van der Waals surface area contributed by atoms with Crippen LogP contribution in [-0.2, 0) is 9.59 Å². The van der Waals surface area contributed by atoms with E-state index in [-0.39, 0.29) is 0 Å². The van der Waals surface area contributed by atoms with Crippen molar-refractivity contribution in [2.45, 2.75) is 19.3 Å². The molecule has 2 aliphatic heterocycles. The standard InChI is InChI=1S/C26H36N6O3/c33-25(28-9-4-14-31-15-17-32(18-16-31)23-7-10-27-11-8-23)26(34)29-22-5-3-6-24(21-22)35-20-19-30-12-1-2-13-30/h3,5-8,10-11,21H,1-2,4,9,12-20H2,(H,28,33)(H,29,34). The minimum atomic E-state index is -0.662. The van der Waals surface area contributed by atoms with Crippen LogP contribution in [0.5, 0.6) is 5.75 Å². The first-order valence-electron chi connectivity index (χ1n) is 12.6. The number of carbonyl (C=O) groups excluding carboxylic acids is 2. The average molecular weight is 481 g/mol. The Balaban J connectivity index is 1.10. The minimum Gasteiger partial charge on any atom is -0.492 e. The van der Waals surface area contributed by atoms with Crippen LogP contribution in [0.1, 0.15) is 19.3 Å². The van der Waals surface area contributed by atoms with Gasteiger partial charge in [0.1, 0.15) is 12.4 Å². The number of aromatic nitrogens is 1. The molecule has 0 radical (unpaired) electrons. The van der Waals surface area contributed by atoms with E-state index in [9.17, 15) is 9.59 Å². The fourth-order valence-corrected chi connectivity index (χ4v) is 4.52. The summed E-state index contributed by atoms with van der Waals surface area (Å²) in [5, 5.41) is 5.39. The van der Waals surface area contributed by atoms with Gasteiger partial charge in [-0.15, -0.1) is 0 Å². The number of rotatable bonds is 10. The van der Waals surface area contributed by atoms with E-state index in [1.165, 1.54) is 18.5 Å². The van der Waals surface area contributed by atoms with Crippen LogP contribution in [0, 0.1) is 0 Å². The number of hydrogen-bond donors (Lipinski definition) is 2. The highest BCUT2D eigenvalue weighted by Crippen LogP contribution is 2.18. The SMILES string of the molecule is O=C(NCCCN1CCN(c2ccncc2)CC1)C(=O)Nc1cccc(OCCN2CCCC2)c1. The fraction of sp³-hybridized carbons (Fsp3) is 0.500. The monoisotopic (exact) mass is 480 g/mol. The summed E-state index contributed by atoms with van der Waals surface area (Å²) in [5.74, 6) is -0.593. The number of hydrogen-bond acceptors (Lipinski definition) is 7. The van der Waals surface area contributed by atoms with Gasteiger partial charge in [0.05, 0.1) is 0 Å². The Bertz CT molecular complexity index is 943. The van der Waals surface area contributed by atoms with Crippen molar-refractivity contribution in [1.29, 1.82) is 0 Å². The number of ether oxygens (including phenoxy) is 1. The Morgan fingerprint density at radius 3 is 2.40 bits per heavy atom. The van der Waals surface area contributed by atoms with Crippen molar-refractivity contribution in [3.05, 3.63) is 48.8 Å². The quantitative estimate of drug-likeness (QED) is 0.396. The first kappa shape index (κ1) is 24.9. The second kappa shape index (κ2) is 13.1. The lowest BCUT2D eigenvalue weighted by Crippen LogP contribution is -2.47. The molecule has 4 rings (SSSR count). The molecule has 188 valence electrons. The number of piperazine rings is 1. The van der Waals surface area contributed by atoms with Crippen LogP contribution in [0.15, 0.2) is 48.8 Å². The third-order valence-electron chi connectivity index (χ3n) is 6.51. The largest absolute Gasteiger partial charge is 0.492 e. The molecule has 2 aliphatic rings. The minimum absolute atomic E-state index is 0.469. The number of pyridine rings is 1. The molecule has 2 saturated heterocycles. The molecule has 2 N–H and O–H groups in total. The maximum absolute atomic E-state index is 12.3. The van der Waals surface area contributed by atoms with Crippen molar-refractivity contribution in [3.63, 3.8) is 0 Å². The predicted octanol–water partition coefficient (Wildman–Crippen LogP) is 1.82. The Morgan fingerprint density at radius 2 is 1.63 bits per heavy atom. The van der Waals surface area contributed by atoms with E-state index < -0.39 is 11.8 Å². The number of nitrogens with one attached hydrogen (secondary N) is 2. The molecular weight excluding hydrogens is 444 g/mol. The summed E-state index contributed by atoms with van der Waals surface area (Å²) in [6.07, 6.45) is 6.96. The first-order chi connectivity index (χ1) is 17.2. The van der Waals surface area contributed by atoms with E-state index in [2.05, 4.69) is 30.3 Å². The molecule has 9 heteroatoms. The summed E-state index contributed by atoms with van der Waals surface area (Å²) < 4.78 is 5.82. The van der Waals surface area contributed by atoms with Crippen molar-refractivity contribution in [2.24, 2.45) is 0 Å². The van der Waals surface area contributed by atoms with Gasteiger partial charge in [-0.05, 0) is 63.2 Å². The van der Waals surface area contributed by atoms with Crippen molar-refractivity contribution in [2.75, 3.05) is 75.7 Å². The van der Waals surface area contributed by atoms with Gasteiger partial charge in [-0.1, -0.05) is 6.07 Å². The van der Waals surface area contributed by atoms with Crippen LogP contribution in [0.3, 0.4) is 0 Å². The maximum Gasteiger partial charge on any atom is 0.313 e. The normalized spacial score (nSPS) is 16.7. The summed E-state index contributed by atoms with van der Waals surface area (Å²) in [6, 6.07) is 11.2. The van der Waals surface area contributed by atoms with Gasteiger partial charge in [0.25, 0.3) is 0 Å². The van der Waals surface area contributed by atoms with Gasteiger partial charge < -0.3 is 20.3 Å². The van der Waals surface area contributed by atoms with E-state index in [1.807, 2.05) is 36.7 Å². The van der Waals surface area contributed by atoms with Gasteiger partial charge in [-0.2, -0.15) is 0 Å². The lowest BCUT2D eigenvalue weighted by atomic mass is 10.2. The van der Waals surface area contributed by atoms with Gasteiger partial charge in [-0.25, -0.2) is 0 Å². The van der Waals surface area contributed by atoms with Crippen LogP contribution in [0.2, 0.25) is 0 Å². The van der Waals surface area contributed by atoms with Crippen molar-refractivity contribution in [3.8, 4) is 5.75 Å². The number of nitrogens with zero attached hydrogens (tertiary/aromatic N) is 4. The van der Waals surface area contributed by atoms with Gasteiger partial charge in [0.2, 0.25) is 0 Å². The molecule has 3 heterocycles. The lowest BCUT2D eigenvalue weighted by Gasteiger charge is -2.36. The van der Waals surface area contributed by atoms with Gasteiger partial charge in [-0.3, -0.25) is 24.4 Å². The third kappa shape index (κ3) is 7.93. The lowest BCUT2D eigenvalue weighted by molar-refractivity contribution is -0.136. The van der Waals surface area contributed by atoms with Crippen LogP contribution in [0.25, 0.3) is 0 Å². The summed E-state index contributed by atoms with van der Waals surface area (Å²) in [7, 11) is 0. The van der Waals surface area contributed by atoms with Crippen LogP contribution in [-0.4, -0.2) is 92.1 Å².